The zero-order chi connectivity index (χ0) is 35.6. The highest BCUT2D eigenvalue weighted by molar-refractivity contribution is 5.80. The first-order valence-corrected chi connectivity index (χ1v) is 18.4. The van der Waals surface area contributed by atoms with E-state index in [9.17, 15) is 9.59 Å². The van der Waals surface area contributed by atoms with Gasteiger partial charge >= 0.3 is 0 Å². The lowest BCUT2D eigenvalue weighted by atomic mass is 10.0. The normalized spacial score (nSPS) is 20.0. The zero-order valence-electron chi connectivity index (χ0n) is 29.7. The number of H-pyrrole nitrogens is 2. The van der Waals surface area contributed by atoms with Gasteiger partial charge in [-0.05, 0) is 72.9 Å². The largest absolute Gasteiger partial charge is 0.340 e. The first-order chi connectivity index (χ1) is 25.4. The summed E-state index contributed by atoms with van der Waals surface area (Å²) in [6.45, 7) is 4.26. The molecule has 2 saturated heterocycles. The van der Waals surface area contributed by atoms with E-state index in [4.69, 9.17) is 9.97 Å². The molecule has 0 spiro atoms. The third-order valence-electron chi connectivity index (χ3n) is 10.9. The minimum atomic E-state index is -0.0495. The summed E-state index contributed by atoms with van der Waals surface area (Å²) in [5.74, 6) is 1.97. The summed E-state index contributed by atoms with van der Waals surface area (Å²) in [6, 6.07) is 37.2. The van der Waals surface area contributed by atoms with Crippen molar-refractivity contribution < 1.29 is 9.59 Å². The molecule has 4 heterocycles. The summed E-state index contributed by atoms with van der Waals surface area (Å²) in [6.07, 6.45) is 8.28. The van der Waals surface area contributed by atoms with E-state index >= 15 is 0 Å². The van der Waals surface area contributed by atoms with Crippen molar-refractivity contribution in [3.8, 4) is 33.6 Å². The van der Waals surface area contributed by atoms with Crippen LogP contribution in [0.1, 0.15) is 74.4 Å². The number of imidazole rings is 2. The average molecular weight is 689 g/mol. The molecule has 2 amide bonds. The molecule has 4 aromatic carbocycles. The lowest BCUT2D eigenvalue weighted by molar-refractivity contribution is -0.134. The number of rotatable bonds is 9. The van der Waals surface area contributed by atoms with Gasteiger partial charge in [-0.2, -0.15) is 0 Å². The van der Waals surface area contributed by atoms with Gasteiger partial charge in [0, 0.05) is 12.1 Å². The Kier molecular flexibility index (Phi) is 9.29. The van der Waals surface area contributed by atoms with Crippen molar-refractivity contribution in [3.63, 3.8) is 0 Å². The third kappa shape index (κ3) is 6.81. The van der Waals surface area contributed by atoms with Gasteiger partial charge in [-0.3, -0.25) is 9.59 Å². The Morgan fingerprint density at radius 3 is 1.29 bits per heavy atom. The van der Waals surface area contributed by atoms with Gasteiger partial charge in [-0.15, -0.1) is 0 Å². The van der Waals surface area contributed by atoms with Crippen LogP contribution in [-0.4, -0.2) is 53.6 Å². The van der Waals surface area contributed by atoms with Crippen molar-refractivity contribution in [1.29, 1.82) is 0 Å². The van der Waals surface area contributed by atoms with E-state index in [1.165, 1.54) is 0 Å². The second kappa shape index (κ2) is 14.5. The Morgan fingerprint density at radius 1 is 0.538 bits per heavy atom. The lowest BCUT2D eigenvalue weighted by Crippen LogP contribution is -2.37. The molecule has 0 unspecified atom stereocenters. The van der Waals surface area contributed by atoms with Crippen molar-refractivity contribution in [1.82, 2.24) is 29.7 Å². The zero-order valence-corrected chi connectivity index (χ0v) is 29.7. The van der Waals surface area contributed by atoms with Crippen LogP contribution in [0.5, 0.6) is 0 Å². The van der Waals surface area contributed by atoms with Gasteiger partial charge in [-0.25, -0.2) is 9.97 Å². The van der Waals surface area contributed by atoms with E-state index in [1.54, 1.807) is 0 Å². The fourth-order valence-corrected chi connectivity index (χ4v) is 8.06. The van der Waals surface area contributed by atoms with E-state index < -0.39 is 0 Å². The monoisotopic (exact) mass is 688 g/mol. The molecular formula is C44H44N6O2. The maximum Gasteiger partial charge on any atom is 0.227 e. The Balaban J connectivity index is 0.924. The van der Waals surface area contributed by atoms with Crippen molar-refractivity contribution >= 4 is 11.8 Å². The van der Waals surface area contributed by atoms with Crippen LogP contribution in [0, 0.1) is 0 Å². The molecule has 8 heteroatoms. The number of hydrogen-bond donors (Lipinski definition) is 2. The van der Waals surface area contributed by atoms with Crippen molar-refractivity contribution in [2.45, 2.75) is 76.5 Å². The number of carbonyl (C=O) groups excluding carboxylic acids is 2. The molecule has 0 radical (unpaired) electrons. The van der Waals surface area contributed by atoms with Crippen molar-refractivity contribution in [2.24, 2.45) is 0 Å². The van der Waals surface area contributed by atoms with E-state index in [0.717, 1.165) is 82.1 Å². The molecule has 2 aliphatic rings. The molecule has 4 atom stereocenters. The Bertz CT molecular complexity index is 1980. The molecule has 0 bridgehead atoms. The van der Waals surface area contributed by atoms with Gasteiger partial charge in [0.1, 0.15) is 11.6 Å². The molecule has 262 valence electrons. The van der Waals surface area contributed by atoms with E-state index in [2.05, 4.69) is 72.3 Å². The highest BCUT2D eigenvalue weighted by Gasteiger charge is 2.38. The maximum atomic E-state index is 13.4. The van der Waals surface area contributed by atoms with Gasteiger partial charge in [0.05, 0.1) is 48.7 Å². The summed E-state index contributed by atoms with van der Waals surface area (Å²) in [5, 5.41) is 0. The molecular weight excluding hydrogens is 645 g/mol. The highest BCUT2D eigenvalue weighted by Crippen LogP contribution is 2.38. The SMILES string of the molecule is C[C@@H]1CC[C@H](c2ncc(-c3ccc(-c4ccc(-c5cnc([C@H]6CC[C@@H](C)N6C(=O)Cc6ccccc6)[nH]5)cc4)cc3)[nH]2)N1C(=O)Cc1ccccc1. The number of hydrogen-bond acceptors (Lipinski definition) is 4. The van der Waals surface area contributed by atoms with Crippen LogP contribution < -0.4 is 0 Å². The summed E-state index contributed by atoms with van der Waals surface area (Å²) in [7, 11) is 0. The molecule has 8 rings (SSSR count). The molecule has 0 saturated carbocycles. The molecule has 2 fully saturated rings. The van der Waals surface area contributed by atoms with E-state index in [-0.39, 0.29) is 36.0 Å². The third-order valence-corrected chi connectivity index (χ3v) is 10.9. The van der Waals surface area contributed by atoms with Gasteiger partial charge in [0.25, 0.3) is 0 Å². The van der Waals surface area contributed by atoms with Gasteiger partial charge < -0.3 is 19.8 Å². The van der Waals surface area contributed by atoms with Crippen LogP contribution in [0.3, 0.4) is 0 Å². The van der Waals surface area contributed by atoms with E-state index in [1.807, 2.05) is 82.9 Å². The summed E-state index contributed by atoms with van der Waals surface area (Å²) in [5.41, 5.74) is 8.29. The second-order valence-electron chi connectivity index (χ2n) is 14.3. The smallest absolute Gasteiger partial charge is 0.227 e. The topological polar surface area (TPSA) is 98.0 Å². The number of likely N-dealkylation sites (tertiary alicyclic amines) is 2. The van der Waals surface area contributed by atoms with Crippen molar-refractivity contribution in [2.75, 3.05) is 0 Å². The number of benzene rings is 4. The molecule has 0 aliphatic carbocycles. The number of nitrogens with zero attached hydrogens (tertiary/aromatic N) is 4. The summed E-state index contributed by atoms with van der Waals surface area (Å²) < 4.78 is 0. The minimum absolute atomic E-state index is 0.0495. The minimum Gasteiger partial charge on any atom is -0.340 e. The van der Waals surface area contributed by atoms with Crippen LogP contribution in [0.4, 0.5) is 0 Å². The first-order valence-electron chi connectivity index (χ1n) is 18.4. The quantitative estimate of drug-likeness (QED) is 0.159. The van der Waals surface area contributed by atoms with E-state index in [0.29, 0.717) is 12.8 Å². The molecule has 2 aromatic heterocycles. The number of carbonyl (C=O) groups is 2. The Labute approximate surface area is 305 Å². The fraction of sp³-hybridized carbons (Fsp3) is 0.273. The second-order valence-corrected chi connectivity index (χ2v) is 14.3. The average Bonchev–Trinajstić information content (AvgIpc) is 3.99. The predicted molar refractivity (Wildman–Crippen MR) is 204 cm³/mol. The molecule has 8 nitrogen and oxygen atoms in total. The van der Waals surface area contributed by atoms with Gasteiger partial charge in [0.2, 0.25) is 11.8 Å². The molecule has 2 aliphatic heterocycles. The number of amides is 2. The molecule has 2 N–H and O–H groups in total. The van der Waals surface area contributed by atoms with Crippen LogP contribution in [-0.2, 0) is 22.4 Å². The van der Waals surface area contributed by atoms with Crippen LogP contribution in [0.15, 0.2) is 122 Å². The standard InChI is InChI=1S/C44H44N6O2/c1-29-13-23-39(49(29)41(51)25-31-9-5-3-6-10-31)43-45-27-37(47-43)35-19-15-33(16-20-35)34-17-21-36(22-18-34)38-28-46-44(48-38)40-24-14-30(2)50(40)42(52)26-32-11-7-4-8-12-32/h3-12,15-22,27-30,39-40H,13-14,23-26H2,1-2H3,(H,45,47)(H,46,48)/t29-,30-,39-,40-/m1/s1. The van der Waals surface area contributed by atoms with Gasteiger partial charge in [0.15, 0.2) is 0 Å². The fourth-order valence-electron chi connectivity index (χ4n) is 8.06. The van der Waals surface area contributed by atoms with Gasteiger partial charge in [-0.1, -0.05) is 109 Å². The van der Waals surface area contributed by atoms with Crippen molar-refractivity contribution in [3.05, 3.63) is 144 Å². The summed E-state index contributed by atoms with van der Waals surface area (Å²) >= 11 is 0. The number of nitrogens with one attached hydrogen (secondary N) is 2. The molecule has 52 heavy (non-hydrogen) atoms. The molecule has 6 aromatic rings. The van der Waals surface area contributed by atoms with Crippen LogP contribution >= 0.6 is 0 Å². The van der Waals surface area contributed by atoms with Crippen LogP contribution in [0.2, 0.25) is 0 Å². The lowest BCUT2D eigenvalue weighted by Gasteiger charge is -2.27. The number of aromatic nitrogens is 4. The maximum absolute atomic E-state index is 13.4. The first kappa shape index (κ1) is 33.4. The number of aromatic amines is 2. The summed E-state index contributed by atoms with van der Waals surface area (Å²) in [4.78, 5) is 47.4. The van der Waals surface area contributed by atoms with Crippen LogP contribution in [0.25, 0.3) is 33.6 Å². The Morgan fingerprint density at radius 2 is 0.904 bits per heavy atom. The highest BCUT2D eigenvalue weighted by atomic mass is 16.2. The Hall–Kier alpha value is -5.76. The predicted octanol–water partition coefficient (Wildman–Crippen LogP) is 8.72.